The number of nitrogens with zero attached hydrogens (tertiary/aromatic N) is 5. The van der Waals surface area contributed by atoms with Gasteiger partial charge in [-0.25, -0.2) is 14.8 Å². The zero-order chi connectivity index (χ0) is 18.7. The number of Topliss-reactive ketones (excluding diaryl/α,β-unsaturated/α-hetero) is 1. The summed E-state index contributed by atoms with van der Waals surface area (Å²) in [5.74, 6) is 0.707. The molecule has 1 fully saturated rings. The maximum Gasteiger partial charge on any atom is 0.407 e. The molecule has 0 aromatic carbocycles. The number of nitrogen functional groups attached to an aromatic ring is 1. The van der Waals surface area contributed by atoms with E-state index in [4.69, 9.17) is 10.8 Å². The Hall–Kier alpha value is -3.43. The smallest absolute Gasteiger partial charge is 0.407 e. The predicted molar refractivity (Wildman–Crippen MR) is 95.8 cm³/mol. The van der Waals surface area contributed by atoms with Crippen LogP contribution in [-0.4, -0.2) is 63.0 Å². The molecule has 1 aliphatic heterocycles. The van der Waals surface area contributed by atoms with Crippen LogP contribution in [0.1, 0.15) is 17.3 Å². The third-order valence-corrected chi connectivity index (χ3v) is 4.10. The van der Waals surface area contributed by atoms with Crippen LogP contribution in [0.25, 0.3) is 0 Å². The Bertz CT molecular complexity index is 817. The molecule has 10 heteroatoms. The van der Waals surface area contributed by atoms with Crippen molar-refractivity contribution in [1.29, 1.82) is 0 Å². The summed E-state index contributed by atoms with van der Waals surface area (Å²) < 4.78 is 0. The largest absolute Gasteiger partial charge is 0.465 e. The highest BCUT2D eigenvalue weighted by molar-refractivity contribution is 5.98. The summed E-state index contributed by atoms with van der Waals surface area (Å²) in [4.78, 5) is 38.2. The number of ketones is 1. The van der Waals surface area contributed by atoms with Crippen molar-refractivity contribution in [3.05, 3.63) is 30.1 Å². The van der Waals surface area contributed by atoms with Gasteiger partial charge in [0.25, 0.3) is 0 Å². The lowest BCUT2D eigenvalue weighted by molar-refractivity contribution is 0.101. The molecule has 0 spiro atoms. The van der Waals surface area contributed by atoms with Gasteiger partial charge in [-0.2, -0.15) is 4.98 Å². The van der Waals surface area contributed by atoms with E-state index in [2.05, 4.69) is 25.2 Å². The molecule has 3 rings (SSSR count). The number of pyridine rings is 1. The van der Waals surface area contributed by atoms with Crippen molar-refractivity contribution in [3.8, 4) is 0 Å². The second-order valence-corrected chi connectivity index (χ2v) is 5.83. The lowest BCUT2D eigenvalue weighted by atomic mass is 10.2. The van der Waals surface area contributed by atoms with Gasteiger partial charge < -0.3 is 26.0 Å². The third-order valence-electron chi connectivity index (χ3n) is 4.10. The number of anilines is 4. The first-order valence-electron chi connectivity index (χ1n) is 8.03. The van der Waals surface area contributed by atoms with Gasteiger partial charge in [0.05, 0.1) is 17.4 Å². The first kappa shape index (κ1) is 17.4. The number of hydrogen-bond donors (Lipinski definition) is 3. The molecule has 0 saturated carbocycles. The normalized spacial score (nSPS) is 14.2. The summed E-state index contributed by atoms with van der Waals surface area (Å²) in [5.41, 5.74) is 6.93. The third kappa shape index (κ3) is 3.79. The summed E-state index contributed by atoms with van der Waals surface area (Å²) in [6.45, 7) is 3.56. The molecule has 3 heterocycles. The number of carbonyl (C=O) groups is 2. The van der Waals surface area contributed by atoms with Crippen LogP contribution in [-0.2, 0) is 0 Å². The molecule has 0 radical (unpaired) electrons. The summed E-state index contributed by atoms with van der Waals surface area (Å²) in [5, 5.41) is 11.9. The van der Waals surface area contributed by atoms with E-state index < -0.39 is 6.09 Å². The molecular formula is C16H19N7O3. The van der Waals surface area contributed by atoms with Crippen molar-refractivity contribution < 1.29 is 14.7 Å². The molecule has 1 saturated heterocycles. The Morgan fingerprint density at radius 2 is 1.88 bits per heavy atom. The van der Waals surface area contributed by atoms with Crippen LogP contribution >= 0.6 is 0 Å². The van der Waals surface area contributed by atoms with Crippen molar-refractivity contribution in [1.82, 2.24) is 19.9 Å². The minimum atomic E-state index is -0.891. The van der Waals surface area contributed by atoms with Crippen molar-refractivity contribution >= 4 is 35.1 Å². The summed E-state index contributed by atoms with van der Waals surface area (Å²) in [6, 6.07) is 3.66. The topological polar surface area (TPSA) is 138 Å². The monoisotopic (exact) mass is 357 g/mol. The molecule has 0 bridgehead atoms. The quantitative estimate of drug-likeness (QED) is 0.689. The number of piperazine rings is 1. The molecule has 2 aromatic rings. The lowest BCUT2D eigenvalue weighted by Crippen LogP contribution is -2.48. The van der Waals surface area contributed by atoms with Gasteiger partial charge in [-0.05, 0) is 19.1 Å². The van der Waals surface area contributed by atoms with Crippen LogP contribution < -0.4 is 16.0 Å². The fraction of sp³-hybridized carbons (Fsp3) is 0.312. The van der Waals surface area contributed by atoms with Crippen molar-refractivity contribution in [2.24, 2.45) is 0 Å². The Morgan fingerprint density at radius 1 is 1.15 bits per heavy atom. The van der Waals surface area contributed by atoms with Gasteiger partial charge in [0.15, 0.2) is 5.78 Å². The molecule has 0 atom stereocenters. The van der Waals surface area contributed by atoms with Gasteiger partial charge in [-0.1, -0.05) is 0 Å². The number of nitrogens with one attached hydrogen (secondary N) is 1. The van der Waals surface area contributed by atoms with Crippen molar-refractivity contribution in [3.63, 3.8) is 0 Å². The average Bonchev–Trinajstić information content (AvgIpc) is 2.62. The number of amides is 1. The van der Waals surface area contributed by atoms with Gasteiger partial charge >= 0.3 is 6.09 Å². The number of aromatic nitrogens is 3. The van der Waals surface area contributed by atoms with Crippen LogP contribution in [0.5, 0.6) is 0 Å². The Morgan fingerprint density at radius 3 is 2.42 bits per heavy atom. The number of hydrogen-bond acceptors (Lipinski definition) is 8. The highest BCUT2D eigenvalue weighted by Gasteiger charge is 2.20. The van der Waals surface area contributed by atoms with Crippen LogP contribution in [0, 0.1) is 0 Å². The minimum absolute atomic E-state index is 0.114. The maximum atomic E-state index is 11.3. The average molecular weight is 357 g/mol. The molecule has 2 aromatic heterocycles. The number of carboxylic acid groups (broad SMARTS) is 1. The van der Waals surface area contributed by atoms with Gasteiger partial charge in [0.2, 0.25) is 5.95 Å². The second-order valence-electron chi connectivity index (χ2n) is 5.83. The standard InChI is InChI=1S/C16H19N7O3/c1-10(24)12-9-19-15(21-14(12)17)20-13-3-2-11(8-18-13)22-4-6-23(7-5-22)16(25)26/h2-3,8-9H,4-7H2,1H3,(H,25,26)(H3,17,18,19,20,21). The fourth-order valence-corrected chi connectivity index (χ4v) is 2.64. The predicted octanol–water partition coefficient (Wildman–Crippen LogP) is 1.20. The molecule has 4 N–H and O–H groups in total. The van der Waals surface area contributed by atoms with E-state index in [0.717, 1.165) is 5.69 Å². The summed E-state index contributed by atoms with van der Waals surface area (Å²) in [6.07, 6.45) is 2.19. The van der Waals surface area contributed by atoms with E-state index in [1.807, 2.05) is 6.07 Å². The molecule has 1 amide bonds. The zero-order valence-corrected chi connectivity index (χ0v) is 14.2. The van der Waals surface area contributed by atoms with E-state index in [0.29, 0.717) is 32.0 Å². The van der Waals surface area contributed by atoms with E-state index in [1.54, 1.807) is 12.3 Å². The van der Waals surface area contributed by atoms with Gasteiger partial charge in [0.1, 0.15) is 11.6 Å². The molecule has 26 heavy (non-hydrogen) atoms. The van der Waals surface area contributed by atoms with Gasteiger partial charge in [-0.3, -0.25) is 4.79 Å². The summed E-state index contributed by atoms with van der Waals surface area (Å²) in [7, 11) is 0. The highest BCUT2D eigenvalue weighted by Crippen LogP contribution is 2.19. The SMILES string of the molecule is CC(=O)c1cnc(Nc2ccc(N3CCN(C(=O)O)CC3)cn2)nc1N. The van der Waals surface area contributed by atoms with E-state index in [-0.39, 0.29) is 23.1 Å². The van der Waals surface area contributed by atoms with Gasteiger partial charge in [0, 0.05) is 32.4 Å². The number of carbonyl (C=O) groups excluding carboxylic acids is 1. The van der Waals surface area contributed by atoms with Crippen LogP contribution in [0.4, 0.5) is 28.1 Å². The number of nitrogens with two attached hydrogens (primary N) is 1. The van der Waals surface area contributed by atoms with Crippen LogP contribution in [0.2, 0.25) is 0 Å². The summed E-state index contributed by atoms with van der Waals surface area (Å²) >= 11 is 0. The second kappa shape index (κ2) is 7.21. The molecule has 0 aliphatic carbocycles. The molecule has 0 unspecified atom stereocenters. The highest BCUT2D eigenvalue weighted by atomic mass is 16.4. The maximum absolute atomic E-state index is 11.3. The molecule has 10 nitrogen and oxygen atoms in total. The van der Waals surface area contributed by atoms with Crippen molar-refractivity contribution in [2.75, 3.05) is 42.1 Å². The molecule has 1 aliphatic rings. The van der Waals surface area contributed by atoms with E-state index >= 15 is 0 Å². The first-order chi connectivity index (χ1) is 12.4. The Labute approximate surface area is 149 Å². The number of rotatable bonds is 4. The Kier molecular flexibility index (Phi) is 4.83. The van der Waals surface area contributed by atoms with Crippen LogP contribution in [0.15, 0.2) is 24.5 Å². The minimum Gasteiger partial charge on any atom is -0.465 e. The molecule has 136 valence electrons. The van der Waals surface area contributed by atoms with E-state index in [9.17, 15) is 9.59 Å². The first-order valence-corrected chi connectivity index (χ1v) is 8.03. The van der Waals surface area contributed by atoms with Crippen LogP contribution in [0.3, 0.4) is 0 Å². The zero-order valence-electron chi connectivity index (χ0n) is 14.2. The fourth-order valence-electron chi connectivity index (χ4n) is 2.64. The Balaban J connectivity index is 1.64. The lowest BCUT2D eigenvalue weighted by Gasteiger charge is -2.34. The van der Waals surface area contributed by atoms with Crippen molar-refractivity contribution in [2.45, 2.75) is 6.92 Å². The molecular weight excluding hydrogens is 338 g/mol. The van der Waals surface area contributed by atoms with Gasteiger partial charge in [-0.15, -0.1) is 0 Å². The van der Waals surface area contributed by atoms with E-state index in [1.165, 1.54) is 18.0 Å².